The highest BCUT2D eigenvalue weighted by molar-refractivity contribution is 8.00. The van der Waals surface area contributed by atoms with E-state index in [1.165, 1.54) is 5.56 Å². The van der Waals surface area contributed by atoms with E-state index in [0.717, 1.165) is 24.2 Å². The van der Waals surface area contributed by atoms with Crippen LogP contribution in [0.4, 0.5) is 0 Å². The van der Waals surface area contributed by atoms with Crippen molar-refractivity contribution < 1.29 is 14.7 Å². The van der Waals surface area contributed by atoms with Crippen molar-refractivity contribution >= 4 is 23.6 Å². The first kappa shape index (κ1) is 13.5. The fourth-order valence-electron chi connectivity index (χ4n) is 3.04. The molecule has 0 unspecified atom stereocenters. The Morgan fingerprint density at radius 2 is 2.10 bits per heavy atom. The second-order valence-corrected chi connectivity index (χ2v) is 6.44. The van der Waals surface area contributed by atoms with Crippen LogP contribution in [0.2, 0.25) is 0 Å². The van der Waals surface area contributed by atoms with Crippen molar-refractivity contribution in [2.24, 2.45) is 0 Å². The molecule has 1 N–H and O–H groups in total. The molecule has 20 heavy (non-hydrogen) atoms. The lowest BCUT2D eigenvalue weighted by molar-refractivity contribution is -0.148. The number of carbonyl (C=O) groups excluding carboxylic acids is 1. The molecule has 0 bridgehead atoms. The second-order valence-electron chi connectivity index (χ2n) is 5.23. The summed E-state index contributed by atoms with van der Waals surface area (Å²) in [4.78, 5) is 25.5. The number of rotatable bonds is 2. The summed E-state index contributed by atoms with van der Waals surface area (Å²) in [7, 11) is 0. The van der Waals surface area contributed by atoms with Gasteiger partial charge in [0.15, 0.2) is 0 Å². The van der Waals surface area contributed by atoms with E-state index in [9.17, 15) is 14.7 Å². The first-order valence-corrected chi connectivity index (χ1v) is 7.96. The molecular weight excluding hydrogens is 274 g/mol. The third-order valence-electron chi connectivity index (χ3n) is 4.04. The van der Waals surface area contributed by atoms with Gasteiger partial charge in [-0.2, -0.15) is 0 Å². The van der Waals surface area contributed by atoms with Crippen molar-refractivity contribution in [1.29, 1.82) is 0 Å². The number of aryl methyl sites for hydroxylation is 1. The Balaban J connectivity index is 1.87. The molecule has 4 nitrogen and oxygen atoms in total. The number of hydrogen-bond acceptors (Lipinski definition) is 3. The van der Waals surface area contributed by atoms with E-state index in [4.69, 9.17) is 0 Å². The molecule has 106 valence electrons. The molecule has 2 aliphatic rings. The summed E-state index contributed by atoms with van der Waals surface area (Å²) in [5.41, 5.74) is 2.28. The number of carboxylic acids is 1. The summed E-state index contributed by atoms with van der Waals surface area (Å²) in [6, 6.07) is 7.36. The minimum Gasteiger partial charge on any atom is -0.480 e. The summed E-state index contributed by atoms with van der Waals surface area (Å²) in [6.45, 7) is 0.565. The number of likely N-dealkylation sites (tertiary alicyclic amines) is 1. The molecule has 1 saturated heterocycles. The Hall–Kier alpha value is -1.49. The number of benzene rings is 1. The maximum Gasteiger partial charge on any atom is 0.326 e. The summed E-state index contributed by atoms with van der Waals surface area (Å²) in [5.74, 6) is -0.00378. The van der Waals surface area contributed by atoms with Gasteiger partial charge in [0.1, 0.15) is 11.3 Å². The van der Waals surface area contributed by atoms with Crippen molar-refractivity contribution in [2.75, 3.05) is 12.3 Å². The van der Waals surface area contributed by atoms with Crippen LogP contribution in [0.3, 0.4) is 0 Å². The zero-order valence-corrected chi connectivity index (χ0v) is 11.9. The number of amides is 1. The van der Waals surface area contributed by atoms with Gasteiger partial charge in [-0.3, -0.25) is 4.79 Å². The van der Waals surface area contributed by atoms with Crippen molar-refractivity contribution in [3.8, 4) is 0 Å². The maximum absolute atomic E-state index is 12.7. The Bertz CT molecular complexity index is 546. The predicted molar refractivity (Wildman–Crippen MR) is 77.7 cm³/mol. The molecule has 1 amide bonds. The topological polar surface area (TPSA) is 57.6 Å². The van der Waals surface area contributed by atoms with Crippen LogP contribution in [-0.2, 0) is 16.0 Å². The molecule has 0 radical (unpaired) electrons. The molecule has 0 saturated carbocycles. The quantitative estimate of drug-likeness (QED) is 0.906. The van der Waals surface area contributed by atoms with Crippen molar-refractivity contribution in [1.82, 2.24) is 4.90 Å². The Morgan fingerprint density at radius 3 is 2.90 bits per heavy atom. The third kappa shape index (κ3) is 2.30. The fourth-order valence-corrected chi connectivity index (χ4v) is 4.30. The van der Waals surface area contributed by atoms with E-state index in [1.54, 1.807) is 16.7 Å². The van der Waals surface area contributed by atoms with E-state index in [-0.39, 0.29) is 11.2 Å². The van der Waals surface area contributed by atoms with E-state index in [2.05, 4.69) is 6.07 Å². The molecule has 2 heterocycles. The number of aliphatic carboxylic acids is 1. The van der Waals surface area contributed by atoms with Crippen molar-refractivity contribution in [3.05, 3.63) is 35.4 Å². The predicted octanol–water partition coefficient (Wildman–Crippen LogP) is 2.09. The highest BCUT2D eigenvalue weighted by atomic mass is 32.2. The van der Waals surface area contributed by atoms with Gasteiger partial charge >= 0.3 is 5.97 Å². The summed E-state index contributed by atoms with van der Waals surface area (Å²) >= 11 is 1.63. The van der Waals surface area contributed by atoms with Crippen LogP contribution in [0.25, 0.3) is 0 Å². The highest BCUT2D eigenvalue weighted by Crippen LogP contribution is 2.39. The minimum absolute atomic E-state index is 0.0351. The first-order valence-electron chi connectivity index (χ1n) is 6.91. The number of hydrogen-bond donors (Lipinski definition) is 1. The van der Waals surface area contributed by atoms with Gasteiger partial charge in [0, 0.05) is 6.54 Å². The number of thioether (sulfide) groups is 1. The molecule has 1 aromatic carbocycles. The van der Waals surface area contributed by atoms with Gasteiger partial charge in [-0.1, -0.05) is 24.3 Å². The minimum atomic E-state index is -0.884. The average Bonchev–Trinajstić information content (AvgIpc) is 2.95. The molecule has 1 aromatic rings. The lowest BCUT2D eigenvalue weighted by atomic mass is 10.0. The number of nitrogens with zero attached hydrogens (tertiary/aromatic N) is 1. The van der Waals surface area contributed by atoms with E-state index >= 15 is 0 Å². The van der Waals surface area contributed by atoms with Crippen molar-refractivity contribution in [2.45, 2.75) is 30.6 Å². The van der Waals surface area contributed by atoms with Crippen LogP contribution >= 0.6 is 11.8 Å². The number of fused-ring (bicyclic) bond motifs is 1. The van der Waals surface area contributed by atoms with Crippen LogP contribution < -0.4 is 0 Å². The van der Waals surface area contributed by atoms with E-state index < -0.39 is 12.0 Å². The molecule has 3 rings (SSSR count). The van der Waals surface area contributed by atoms with E-state index in [0.29, 0.717) is 13.0 Å². The smallest absolute Gasteiger partial charge is 0.326 e. The first-order chi connectivity index (χ1) is 9.68. The summed E-state index contributed by atoms with van der Waals surface area (Å²) < 4.78 is 0. The molecule has 2 aliphatic heterocycles. The third-order valence-corrected chi connectivity index (χ3v) is 5.27. The normalized spacial score (nSPS) is 25.3. The summed E-state index contributed by atoms with van der Waals surface area (Å²) in [5, 5.41) is 8.99. The van der Waals surface area contributed by atoms with Gasteiger partial charge in [0.2, 0.25) is 5.91 Å². The van der Waals surface area contributed by atoms with Gasteiger partial charge in [0.05, 0.1) is 0 Å². The molecule has 0 spiro atoms. The zero-order chi connectivity index (χ0) is 14.1. The lowest BCUT2D eigenvalue weighted by Gasteiger charge is -2.30. The molecule has 2 atom stereocenters. The zero-order valence-electron chi connectivity index (χ0n) is 11.1. The van der Waals surface area contributed by atoms with Crippen LogP contribution in [0.15, 0.2) is 24.3 Å². The molecule has 0 aromatic heterocycles. The fraction of sp³-hybridized carbons (Fsp3) is 0.467. The SMILES string of the molecule is O=C(O)[C@H]1CCCN1C(=O)[C@@H]1SCCc2ccccc21. The van der Waals surface area contributed by atoms with Crippen LogP contribution in [0.1, 0.15) is 29.2 Å². The molecule has 1 fully saturated rings. The Labute approximate surface area is 122 Å². The maximum atomic E-state index is 12.7. The van der Waals surface area contributed by atoms with Crippen molar-refractivity contribution in [3.63, 3.8) is 0 Å². The van der Waals surface area contributed by atoms with Gasteiger partial charge in [-0.25, -0.2) is 4.79 Å². The molecule has 0 aliphatic carbocycles. The average molecular weight is 291 g/mol. The Morgan fingerprint density at radius 1 is 1.30 bits per heavy atom. The molecule has 5 heteroatoms. The Kier molecular flexibility index (Phi) is 3.70. The second kappa shape index (κ2) is 5.48. The summed E-state index contributed by atoms with van der Waals surface area (Å²) in [6.07, 6.45) is 2.33. The van der Waals surface area contributed by atoms with E-state index in [1.807, 2.05) is 18.2 Å². The van der Waals surface area contributed by atoms with Crippen LogP contribution in [0.5, 0.6) is 0 Å². The molecular formula is C15H17NO3S. The lowest BCUT2D eigenvalue weighted by Crippen LogP contribution is -2.42. The standard InChI is InChI=1S/C15H17NO3S/c17-14(16-8-3-6-12(16)15(18)19)13-11-5-2-1-4-10(11)7-9-20-13/h1-2,4-5,12-13H,3,6-9H2,(H,18,19)/t12-,13-/m1/s1. The van der Waals surface area contributed by atoms with Gasteiger partial charge in [0.25, 0.3) is 0 Å². The van der Waals surface area contributed by atoms with Crippen LogP contribution in [-0.4, -0.2) is 40.2 Å². The van der Waals surface area contributed by atoms with Gasteiger partial charge in [-0.15, -0.1) is 11.8 Å². The monoisotopic (exact) mass is 291 g/mol. The van der Waals surface area contributed by atoms with Crippen LogP contribution in [0, 0.1) is 0 Å². The highest BCUT2D eigenvalue weighted by Gasteiger charge is 2.39. The largest absolute Gasteiger partial charge is 0.480 e. The van der Waals surface area contributed by atoms with Gasteiger partial charge in [-0.05, 0) is 36.1 Å². The number of carboxylic acid groups (broad SMARTS) is 1. The van der Waals surface area contributed by atoms with Gasteiger partial charge < -0.3 is 10.0 Å². The number of carbonyl (C=O) groups is 2.